The van der Waals surface area contributed by atoms with E-state index in [0.29, 0.717) is 17.0 Å². The molecule has 0 spiro atoms. The summed E-state index contributed by atoms with van der Waals surface area (Å²) in [6.07, 6.45) is 0.295. The molecule has 0 aliphatic rings. The van der Waals surface area contributed by atoms with E-state index in [1.165, 1.54) is 29.2 Å². The Morgan fingerprint density at radius 2 is 1.54 bits per heavy atom. The van der Waals surface area contributed by atoms with Gasteiger partial charge in [-0.2, -0.15) is 0 Å². The Balaban J connectivity index is 2.05. The number of nitrogens with zero attached hydrogens (tertiary/aromatic N) is 2. The minimum Gasteiger partial charge on any atom is -0.350 e. The van der Waals surface area contributed by atoms with Crippen LogP contribution in [0.3, 0.4) is 0 Å². The number of rotatable bonds is 10. The standard InChI is InChI=1S/C29H33ClFN3O4S/c1-5-26(28(36)32-29(2,3)4)33(19-21-11-13-22(30)14-12-21)27(35)20-34(24-17-15-23(31)16-18-24)39(37,38)25-9-7-6-8-10-25/h6-18,26H,5,19-20H2,1-4H3,(H,32,36)/t26-/m1/s1. The number of halogens is 2. The van der Waals surface area contributed by atoms with Gasteiger partial charge in [0.2, 0.25) is 11.8 Å². The molecule has 3 rings (SSSR count). The highest BCUT2D eigenvalue weighted by atomic mass is 35.5. The molecule has 0 saturated heterocycles. The van der Waals surface area contributed by atoms with Gasteiger partial charge in [-0.3, -0.25) is 13.9 Å². The topological polar surface area (TPSA) is 86.8 Å². The van der Waals surface area contributed by atoms with Crippen molar-refractivity contribution in [1.82, 2.24) is 10.2 Å². The van der Waals surface area contributed by atoms with Crippen molar-refractivity contribution in [3.8, 4) is 0 Å². The highest BCUT2D eigenvalue weighted by molar-refractivity contribution is 7.92. The van der Waals surface area contributed by atoms with Gasteiger partial charge in [0.05, 0.1) is 10.6 Å². The first-order valence-corrected chi connectivity index (χ1v) is 14.3. The van der Waals surface area contributed by atoms with Crippen LogP contribution in [-0.2, 0) is 26.2 Å². The third-order valence-electron chi connectivity index (χ3n) is 5.87. The molecule has 10 heteroatoms. The van der Waals surface area contributed by atoms with Crippen molar-refractivity contribution in [3.63, 3.8) is 0 Å². The van der Waals surface area contributed by atoms with Gasteiger partial charge in [-0.1, -0.05) is 48.9 Å². The van der Waals surface area contributed by atoms with E-state index in [-0.39, 0.29) is 23.0 Å². The van der Waals surface area contributed by atoms with Gasteiger partial charge >= 0.3 is 0 Å². The molecule has 39 heavy (non-hydrogen) atoms. The van der Waals surface area contributed by atoms with Crippen LogP contribution in [0.15, 0.2) is 83.8 Å². The van der Waals surface area contributed by atoms with E-state index in [1.54, 1.807) is 49.4 Å². The lowest BCUT2D eigenvalue weighted by Gasteiger charge is -2.34. The Kier molecular flexibility index (Phi) is 9.74. The van der Waals surface area contributed by atoms with E-state index in [2.05, 4.69) is 5.32 Å². The van der Waals surface area contributed by atoms with Crippen molar-refractivity contribution in [2.75, 3.05) is 10.8 Å². The molecule has 7 nitrogen and oxygen atoms in total. The van der Waals surface area contributed by atoms with Crippen molar-refractivity contribution >= 4 is 39.1 Å². The molecule has 0 heterocycles. The number of amides is 2. The van der Waals surface area contributed by atoms with Gasteiger partial charge in [-0.15, -0.1) is 0 Å². The molecule has 0 bridgehead atoms. The van der Waals surface area contributed by atoms with Crippen molar-refractivity contribution < 1.29 is 22.4 Å². The smallest absolute Gasteiger partial charge is 0.264 e. The van der Waals surface area contributed by atoms with Crippen LogP contribution in [0.25, 0.3) is 0 Å². The van der Waals surface area contributed by atoms with Crippen molar-refractivity contribution in [2.45, 2.75) is 57.1 Å². The molecule has 0 radical (unpaired) electrons. The second kappa shape index (κ2) is 12.6. The lowest BCUT2D eigenvalue weighted by Crippen LogP contribution is -2.55. The van der Waals surface area contributed by atoms with Gasteiger partial charge in [0, 0.05) is 17.1 Å². The second-order valence-electron chi connectivity index (χ2n) is 10.1. The molecule has 2 amide bonds. The number of hydrogen-bond acceptors (Lipinski definition) is 4. The predicted octanol–water partition coefficient (Wildman–Crippen LogP) is 5.40. The Bertz CT molecular complexity index is 1380. The maximum absolute atomic E-state index is 14.0. The first kappa shape index (κ1) is 30.1. The zero-order valence-corrected chi connectivity index (χ0v) is 24.0. The van der Waals surface area contributed by atoms with E-state index in [1.807, 2.05) is 20.8 Å². The molecule has 0 aliphatic carbocycles. The zero-order valence-electron chi connectivity index (χ0n) is 22.4. The normalized spacial score (nSPS) is 12.5. The molecule has 0 saturated carbocycles. The number of carbonyl (C=O) groups is 2. The molecule has 0 fully saturated rings. The average molecular weight is 574 g/mol. The summed E-state index contributed by atoms with van der Waals surface area (Å²) in [5.74, 6) is -1.49. The zero-order chi connectivity index (χ0) is 28.8. The van der Waals surface area contributed by atoms with E-state index in [4.69, 9.17) is 11.6 Å². The summed E-state index contributed by atoms with van der Waals surface area (Å²) in [5.41, 5.74) is 0.289. The number of anilines is 1. The minimum absolute atomic E-state index is 0.0242. The first-order chi connectivity index (χ1) is 18.3. The van der Waals surface area contributed by atoms with Crippen molar-refractivity contribution in [3.05, 3.63) is 95.3 Å². The maximum Gasteiger partial charge on any atom is 0.264 e. The highest BCUT2D eigenvalue weighted by Gasteiger charge is 2.34. The molecule has 0 unspecified atom stereocenters. The van der Waals surface area contributed by atoms with Gasteiger partial charge in [-0.25, -0.2) is 12.8 Å². The Morgan fingerprint density at radius 3 is 2.08 bits per heavy atom. The van der Waals surface area contributed by atoms with Gasteiger partial charge in [0.1, 0.15) is 18.4 Å². The highest BCUT2D eigenvalue weighted by Crippen LogP contribution is 2.25. The van der Waals surface area contributed by atoms with Crippen LogP contribution in [-0.4, -0.2) is 43.3 Å². The van der Waals surface area contributed by atoms with Crippen LogP contribution in [0.4, 0.5) is 10.1 Å². The number of carbonyl (C=O) groups excluding carboxylic acids is 2. The monoisotopic (exact) mass is 573 g/mol. The lowest BCUT2D eigenvalue weighted by molar-refractivity contribution is -0.141. The van der Waals surface area contributed by atoms with Crippen LogP contribution in [0.5, 0.6) is 0 Å². The van der Waals surface area contributed by atoms with Crippen LogP contribution in [0.1, 0.15) is 39.7 Å². The van der Waals surface area contributed by atoms with E-state index in [9.17, 15) is 22.4 Å². The summed E-state index contributed by atoms with van der Waals surface area (Å²) in [5, 5.41) is 3.44. The van der Waals surface area contributed by atoms with Gasteiger partial charge < -0.3 is 10.2 Å². The SMILES string of the molecule is CC[C@H](C(=O)NC(C)(C)C)N(Cc1ccc(Cl)cc1)C(=O)CN(c1ccc(F)cc1)S(=O)(=O)c1ccccc1. The average Bonchev–Trinajstić information content (AvgIpc) is 2.88. The van der Waals surface area contributed by atoms with E-state index >= 15 is 0 Å². The molecule has 208 valence electrons. The fourth-order valence-electron chi connectivity index (χ4n) is 4.01. The number of hydrogen-bond donors (Lipinski definition) is 1. The lowest BCUT2D eigenvalue weighted by atomic mass is 10.1. The van der Waals surface area contributed by atoms with Crippen molar-refractivity contribution in [1.29, 1.82) is 0 Å². The van der Waals surface area contributed by atoms with E-state index in [0.717, 1.165) is 16.4 Å². The number of benzene rings is 3. The Hall–Kier alpha value is -3.43. The molecule has 0 aliphatic heterocycles. The van der Waals surface area contributed by atoms with Gasteiger partial charge in [0.25, 0.3) is 10.0 Å². The van der Waals surface area contributed by atoms with Gasteiger partial charge in [-0.05, 0) is 81.3 Å². The van der Waals surface area contributed by atoms with Crippen LogP contribution in [0, 0.1) is 5.82 Å². The minimum atomic E-state index is -4.21. The van der Waals surface area contributed by atoms with E-state index < -0.39 is 39.9 Å². The quantitative estimate of drug-likeness (QED) is 0.352. The second-order valence-corrected chi connectivity index (χ2v) is 12.4. The molecule has 0 aromatic heterocycles. The summed E-state index contributed by atoms with van der Waals surface area (Å²) < 4.78 is 42.0. The van der Waals surface area contributed by atoms with Crippen molar-refractivity contribution in [2.24, 2.45) is 0 Å². The largest absolute Gasteiger partial charge is 0.350 e. The van der Waals surface area contributed by atoms with Crippen LogP contribution in [0.2, 0.25) is 5.02 Å². The summed E-state index contributed by atoms with van der Waals surface area (Å²) in [4.78, 5) is 28.6. The maximum atomic E-state index is 14.0. The molecule has 3 aromatic carbocycles. The molecular formula is C29H33ClFN3O4S. The predicted molar refractivity (Wildman–Crippen MR) is 151 cm³/mol. The Labute approximate surface area is 234 Å². The number of sulfonamides is 1. The fraction of sp³-hybridized carbons (Fsp3) is 0.310. The third kappa shape index (κ3) is 8.03. The molecule has 3 aromatic rings. The number of nitrogens with one attached hydrogen (secondary N) is 1. The summed E-state index contributed by atoms with van der Waals surface area (Å²) in [6.45, 7) is 6.75. The summed E-state index contributed by atoms with van der Waals surface area (Å²) in [6, 6.07) is 18.5. The summed E-state index contributed by atoms with van der Waals surface area (Å²) in [7, 11) is -4.21. The molecular weight excluding hydrogens is 541 g/mol. The Morgan fingerprint density at radius 1 is 0.949 bits per heavy atom. The van der Waals surface area contributed by atoms with Gasteiger partial charge in [0.15, 0.2) is 0 Å². The molecule has 1 N–H and O–H groups in total. The first-order valence-electron chi connectivity index (χ1n) is 12.5. The summed E-state index contributed by atoms with van der Waals surface area (Å²) >= 11 is 6.04. The third-order valence-corrected chi connectivity index (χ3v) is 7.92. The molecule has 1 atom stereocenters. The fourth-order valence-corrected chi connectivity index (χ4v) is 5.58. The van der Waals surface area contributed by atoms with Crippen LogP contribution >= 0.6 is 11.6 Å². The van der Waals surface area contributed by atoms with Crippen LogP contribution < -0.4 is 9.62 Å².